The zero-order chi connectivity index (χ0) is 17.8. The first-order valence-electron chi connectivity index (χ1n) is 9.47. The van der Waals surface area contributed by atoms with Crippen LogP contribution >= 0.6 is 0 Å². The van der Waals surface area contributed by atoms with Crippen LogP contribution in [0.1, 0.15) is 78.1 Å². The van der Waals surface area contributed by atoms with E-state index in [0.717, 1.165) is 44.9 Å². The van der Waals surface area contributed by atoms with Crippen LogP contribution in [0.25, 0.3) is 0 Å². The van der Waals surface area contributed by atoms with Crippen LogP contribution in [0.2, 0.25) is 0 Å². The molecule has 1 aliphatic rings. The summed E-state index contributed by atoms with van der Waals surface area (Å²) in [5.74, 6) is 0.514. The summed E-state index contributed by atoms with van der Waals surface area (Å²) in [6.07, 6.45) is 11.7. The quantitative estimate of drug-likeness (QED) is 0.369. The van der Waals surface area contributed by atoms with Crippen molar-refractivity contribution in [2.24, 2.45) is 11.8 Å². The predicted octanol–water partition coefficient (Wildman–Crippen LogP) is 4.41. The minimum absolute atomic E-state index is 0.00404. The van der Waals surface area contributed by atoms with Crippen LogP contribution in [0.5, 0.6) is 0 Å². The standard InChI is InChI=1S/C20H32O4/c1-3-5-6-9-17(21)14-12-16-13-15-19(22)18(16)10-7-8-11-20(23)24-4-2/h13,15-16,18H,3-12,14H2,1-2H3. The van der Waals surface area contributed by atoms with Crippen molar-refractivity contribution >= 4 is 17.5 Å². The first kappa shape index (κ1) is 20.6. The first-order chi connectivity index (χ1) is 11.6. The maximum absolute atomic E-state index is 12.0. The summed E-state index contributed by atoms with van der Waals surface area (Å²) in [4.78, 5) is 35.2. The van der Waals surface area contributed by atoms with E-state index in [9.17, 15) is 14.4 Å². The molecule has 4 nitrogen and oxygen atoms in total. The second-order valence-corrected chi connectivity index (χ2v) is 6.62. The lowest BCUT2D eigenvalue weighted by Gasteiger charge is -2.17. The molecule has 0 bridgehead atoms. The number of Topliss-reactive ketones (excluding diaryl/α,β-unsaturated/α-hetero) is 1. The number of ether oxygens (including phenoxy) is 1. The molecule has 0 spiro atoms. The van der Waals surface area contributed by atoms with Crippen LogP contribution in [0, 0.1) is 11.8 Å². The van der Waals surface area contributed by atoms with Crippen molar-refractivity contribution in [3.63, 3.8) is 0 Å². The highest BCUT2D eigenvalue weighted by Crippen LogP contribution is 2.31. The van der Waals surface area contributed by atoms with Gasteiger partial charge in [-0.05, 0) is 44.6 Å². The Balaban J connectivity index is 2.26. The molecule has 0 amide bonds. The fraction of sp³-hybridized carbons (Fsp3) is 0.750. The molecule has 136 valence electrons. The highest BCUT2D eigenvalue weighted by atomic mass is 16.5. The molecule has 4 heteroatoms. The van der Waals surface area contributed by atoms with E-state index in [2.05, 4.69) is 6.92 Å². The van der Waals surface area contributed by atoms with E-state index in [0.29, 0.717) is 31.7 Å². The number of hydrogen-bond donors (Lipinski definition) is 0. The fourth-order valence-corrected chi connectivity index (χ4v) is 3.23. The zero-order valence-electron chi connectivity index (χ0n) is 15.2. The monoisotopic (exact) mass is 336 g/mol. The molecule has 1 rings (SSSR count). The van der Waals surface area contributed by atoms with Gasteiger partial charge in [0.1, 0.15) is 5.78 Å². The summed E-state index contributed by atoms with van der Waals surface area (Å²) in [5.41, 5.74) is 0. The van der Waals surface area contributed by atoms with E-state index in [4.69, 9.17) is 4.74 Å². The Bertz CT molecular complexity index is 439. The summed E-state index contributed by atoms with van der Waals surface area (Å²) in [6.45, 7) is 4.35. The minimum Gasteiger partial charge on any atom is -0.466 e. The van der Waals surface area contributed by atoms with Gasteiger partial charge in [-0.25, -0.2) is 0 Å². The van der Waals surface area contributed by atoms with Crippen LogP contribution < -0.4 is 0 Å². The number of unbranched alkanes of at least 4 members (excludes halogenated alkanes) is 3. The number of ketones is 2. The third kappa shape index (κ3) is 7.89. The third-order valence-electron chi connectivity index (χ3n) is 4.66. The maximum atomic E-state index is 12.0. The molecule has 24 heavy (non-hydrogen) atoms. The lowest BCUT2D eigenvalue weighted by atomic mass is 9.85. The van der Waals surface area contributed by atoms with Crippen LogP contribution in [-0.4, -0.2) is 24.1 Å². The second-order valence-electron chi connectivity index (χ2n) is 6.62. The maximum Gasteiger partial charge on any atom is 0.305 e. The molecular formula is C20H32O4. The number of allylic oxidation sites excluding steroid dienone is 2. The number of hydrogen-bond acceptors (Lipinski definition) is 4. The summed E-state index contributed by atoms with van der Waals surface area (Å²) < 4.78 is 4.91. The molecule has 0 heterocycles. The van der Waals surface area contributed by atoms with Gasteiger partial charge in [0.15, 0.2) is 5.78 Å². The molecule has 0 aromatic heterocycles. The van der Waals surface area contributed by atoms with Crippen LogP contribution in [-0.2, 0) is 19.1 Å². The van der Waals surface area contributed by atoms with E-state index in [1.807, 2.05) is 6.08 Å². The molecule has 1 aliphatic carbocycles. The van der Waals surface area contributed by atoms with Gasteiger partial charge in [0.05, 0.1) is 6.61 Å². The Hall–Kier alpha value is -1.45. The molecule has 0 N–H and O–H groups in total. The van der Waals surface area contributed by atoms with E-state index >= 15 is 0 Å². The Morgan fingerprint density at radius 1 is 1.00 bits per heavy atom. The van der Waals surface area contributed by atoms with Crippen molar-refractivity contribution in [3.8, 4) is 0 Å². The smallest absolute Gasteiger partial charge is 0.305 e. The Labute approximate surface area is 146 Å². The van der Waals surface area contributed by atoms with Crippen molar-refractivity contribution in [2.75, 3.05) is 6.61 Å². The fourth-order valence-electron chi connectivity index (χ4n) is 3.23. The lowest BCUT2D eigenvalue weighted by molar-refractivity contribution is -0.143. The molecule has 0 saturated carbocycles. The molecular weight excluding hydrogens is 304 g/mol. The summed E-state index contributed by atoms with van der Waals surface area (Å²) in [5, 5.41) is 0. The van der Waals surface area contributed by atoms with Gasteiger partial charge >= 0.3 is 5.97 Å². The van der Waals surface area contributed by atoms with Crippen molar-refractivity contribution in [3.05, 3.63) is 12.2 Å². The molecule has 2 atom stereocenters. The molecule has 0 saturated heterocycles. The van der Waals surface area contributed by atoms with Crippen molar-refractivity contribution in [1.29, 1.82) is 0 Å². The van der Waals surface area contributed by atoms with Gasteiger partial charge in [0.25, 0.3) is 0 Å². The third-order valence-corrected chi connectivity index (χ3v) is 4.66. The second kappa shape index (κ2) is 12.0. The van der Waals surface area contributed by atoms with Crippen LogP contribution in [0.4, 0.5) is 0 Å². The van der Waals surface area contributed by atoms with E-state index in [1.165, 1.54) is 0 Å². The van der Waals surface area contributed by atoms with Crippen LogP contribution in [0.3, 0.4) is 0 Å². The van der Waals surface area contributed by atoms with Gasteiger partial charge in [-0.3, -0.25) is 14.4 Å². The first-order valence-corrected chi connectivity index (χ1v) is 9.47. The normalized spacial score (nSPS) is 19.7. The van der Waals surface area contributed by atoms with E-state index < -0.39 is 0 Å². The van der Waals surface area contributed by atoms with Gasteiger partial charge in [-0.2, -0.15) is 0 Å². The average molecular weight is 336 g/mol. The zero-order valence-corrected chi connectivity index (χ0v) is 15.2. The van der Waals surface area contributed by atoms with Crippen molar-refractivity contribution in [1.82, 2.24) is 0 Å². The summed E-state index contributed by atoms with van der Waals surface area (Å²) >= 11 is 0. The Morgan fingerprint density at radius 3 is 2.46 bits per heavy atom. The van der Waals surface area contributed by atoms with Crippen molar-refractivity contribution in [2.45, 2.75) is 78.1 Å². The molecule has 0 radical (unpaired) electrons. The number of carbonyl (C=O) groups excluding carboxylic acids is 3. The van der Waals surface area contributed by atoms with Gasteiger partial charge < -0.3 is 4.74 Å². The lowest BCUT2D eigenvalue weighted by Crippen LogP contribution is -2.17. The topological polar surface area (TPSA) is 60.4 Å². The molecule has 0 aliphatic heterocycles. The van der Waals surface area contributed by atoms with E-state index in [1.54, 1.807) is 13.0 Å². The highest BCUT2D eigenvalue weighted by molar-refractivity contribution is 5.94. The number of rotatable bonds is 13. The molecule has 0 aromatic carbocycles. The average Bonchev–Trinajstić information content (AvgIpc) is 2.90. The largest absolute Gasteiger partial charge is 0.466 e. The van der Waals surface area contributed by atoms with Gasteiger partial charge in [-0.15, -0.1) is 0 Å². The van der Waals surface area contributed by atoms with Gasteiger partial charge in [0, 0.05) is 25.2 Å². The summed E-state index contributed by atoms with van der Waals surface area (Å²) in [7, 11) is 0. The minimum atomic E-state index is -0.164. The van der Waals surface area contributed by atoms with Crippen LogP contribution in [0.15, 0.2) is 12.2 Å². The number of carbonyl (C=O) groups is 3. The van der Waals surface area contributed by atoms with E-state index in [-0.39, 0.29) is 23.6 Å². The Morgan fingerprint density at radius 2 is 1.75 bits per heavy atom. The molecule has 0 aromatic rings. The molecule has 0 fully saturated rings. The number of esters is 1. The summed E-state index contributed by atoms with van der Waals surface area (Å²) in [6, 6.07) is 0. The Kier molecular flexibility index (Phi) is 10.3. The van der Waals surface area contributed by atoms with Crippen molar-refractivity contribution < 1.29 is 19.1 Å². The van der Waals surface area contributed by atoms with Gasteiger partial charge in [-0.1, -0.05) is 32.3 Å². The molecule has 2 unspecified atom stereocenters. The highest BCUT2D eigenvalue weighted by Gasteiger charge is 2.29. The van der Waals surface area contributed by atoms with Gasteiger partial charge in [0.2, 0.25) is 0 Å². The predicted molar refractivity (Wildman–Crippen MR) is 94.6 cm³/mol. The SMILES string of the molecule is CCCCCC(=O)CCC1C=CC(=O)C1CCCCC(=O)OCC.